The van der Waals surface area contributed by atoms with Gasteiger partial charge in [0.15, 0.2) is 0 Å². The summed E-state index contributed by atoms with van der Waals surface area (Å²) >= 11 is 0. The predicted molar refractivity (Wildman–Crippen MR) is 77.5 cm³/mol. The van der Waals surface area contributed by atoms with Crippen LogP contribution in [0.5, 0.6) is 0 Å². The second-order valence-corrected chi connectivity index (χ2v) is 4.60. The lowest BCUT2D eigenvalue weighted by atomic mass is 10.1. The molecule has 1 heterocycles. The van der Waals surface area contributed by atoms with Crippen molar-refractivity contribution in [2.24, 2.45) is 0 Å². The van der Waals surface area contributed by atoms with Crippen molar-refractivity contribution >= 4 is 18.5 Å². The van der Waals surface area contributed by atoms with Crippen molar-refractivity contribution in [1.82, 2.24) is 10.6 Å². The standard InChI is InChI=1S/C14H20N2O2.ClH/c17-14(16-13-8-4-5-9-15-10-13)18-11-12-6-2-1-3-7-12;/h1-3,6-7,13,15H,4-5,8-11H2,(H,16,17);1H. The molecule has 19 heavy (non-hydrogen) atoms. The third-order valence-electron chi connectivity index (χ3n) is 3.08. The van der Waals surface area contributed by atoms with Gasteiger partial charge in [-0.1, -0.05) is 36.8 Å². The fraction of sp³-hybridized carbons (Fsp3) is 0.500. The molecule has 1 aromatic rings. The molecule has 1 aliphatic heterocycles. The van der Waals surface area contributed by atoms with Gasteiger partial charge in [-0.2, -0.15) is 0 Å². The quantitative estimate of drug-likeness (QED) is 0.896. The molecule has 0 saturated carbocycles. The third-order valence-corrected chi connectivity index (χ3v) is 3.08. The number of nitrogens with one attached hydrogen (secondary N) is 2. The summed E-state index contributed by atoms with van der Waals surface area (Å²) in [6, 6.07) is 9.90. The van der Waals surface area contributed by atoms with Gasteiger partial charge in [0, 0.05) is 12.6 Å². The molecular formula is C14H21ClN2O2. The average molecular weight is 285 g/mol. The van der Waals surface area contributed by atoms with Crippen LogP contribution in [0, 0.1) is 0 Å². The molecule has 0 bridgehead atoms. The third kappa shape index (κ3) is 5.94. The van der Waals surface area contributed by atoms with Gasteiger partial charge in [-0.25, -0.2) is 4.79 Å². The number of hydrogen-bond acceptors (Lipinski definition) is 3. The van der Waals surface area contributed by atoms with Gasteiger partial charge in [0.05, 0.1) is 0 Å². The molecule has 5 heteroatoms. The summed E-state index contributed by atoms with van der Waals surface area (Å²) in [5.74, 6) is 0. The minimum absolute atomic E-state index is 0. The molecule has 0 aliphatic carbocycles. The van der Waals surface area contributed by atoms with Gasteiger partial charge in [0.25, 0.3) is 0 Å². The zero-order valence-electron chi connectivity index (χ0n) is 10.9. The molecule has 1 atom stereocenters. The van der Waals surface area contributed by atoms with E-state index in [1.165, 1.54) is 6.42 Å². The Morgan fingerprint density at radius 2 is 2.11 bits per heavy atom. The smallest absolute Gasteiger partial charge is 0.407 e. The lowest BCUT2D eigenvalue weighted by Gasteiger charge is -2.16. The number of halogens is 1. The van der Waals surface area contributed by atoms with Crippen molar-refractivity contribution in [2.75, 3.05) is 13.1 Å². The molecule has 2 N–H and O–H groups in total. The Bertz CT molecular complexity index is 365. The maximum Gasteiger partial charge on any atom is 0.407 e. The number of carbonyl (C=O) groups is 1. The molecule has 1 aliphatic rings. The summed E-state index contributed by atoms with van der Waals surface area (Å²) in [5, 5.41) is 6.21. The maximum absolute atomic E-state index is 11.6. The van der Waals surface area contributed by atoms with E-state index in [-0.39, 0.29) is 24.5 Å². The van der Waals surface area contributed by atoms with Gasteiger partial charge in [-0.15, -0.1) is 12.4 Å². The van der Waals surface area contributed by atoms with E-state index in [9.17, 15) is 4.79 Å². The van der Waals surface area contributed by atoms with E-state index in [4.69, 9.17) is 4.74 Å². The van der Waals surface area contributed by atoms with Gasteiger partial charge < -0.3 is 15.4 Å². The SMILES string of the molecule is Cl.O=C(NC1CCCCNC1)OCc1ccccc1. The van der Waals surface area contributed by atoms with E-state index < -0.39 is 0 Å². The van der Waals surface area contributed by atoms with Crippen LogP contribution >= 0.6 is 12.4 Å². The predicted octanol–water partition coefficient (Wildman–Crippen LogP) is 2.48. The van der Waals surface area contributed by atoms with Crippen molar-refractivity contribution in [3.8, 4) is 0 Å². The van der Waals surface area contributed by atoms with Crippen LogP contribution in [0.1, 0.15) is 24.8 Å². The van der Waals surface area contributed by atoms with E-state index in [1.54, 1.807) is 0 Å². The summed E-state index contributed by atoms with van der Waals surface area (Å²) < 4.78 is 5.19. The molecule has 1 amide bonds. The number of alkyl carbamates (subject to hydrolysis) is 1. The van der Waals surface area contributed by atoms with Crippen LogP contribution in [-0.2, 0) is 11.3 Å². The Morgan fingerprint density at radius 3 is 2.89 bits per heavy atom. The number of rotatable bonds is 3. The normalized spacial score (nSPS) is 18.8. The lowest BCUT2D eigenvalue weighted by Crippen LogP contribution is -2.41. The highest BCUT2D eigenvalue weighted by Gasteiger charge is 2.14. The molecule has 0 radical (unpaired) electrons. The van der Waals surface area contributed by atoms with Crippen molar-refractivity contribution < 1.29 is 9.53 Å². The monoisotopic (exact) mass is 284 g/mol. The van der Waals surface area contributed by atoms with Crippen LogP contribution in [0.3, 0.4) is 0 Å². The topological polar surface area (TPSA) is 50.4 Å². The van der Waals surface area contributed by atoms with Crippen LogP contribution in [0.2, 0.25) is 0 Å². The molecular weight excluding hydrogens is 264 g/mol. The average Bonchev–Trinajstić information content (AvgIpc) is 2.66. The Balaban J connectivity index is 0.00000180. The summed E-state index contributed by atoms with van der Waals surface area (Å²) in [4.78, 5) is 11.6. The van der Waals surface area contributed by atoms with Crippen LogP contribution < -0.4 is 10.6 Å². The molecule has 4 nitrogen and oxygen atoms in total. The van der Waals surface area contributed by atoms with Crippen molar-refractivity contribution in [3.63, 3.8) is 0 Å². The molecule has 0 aromatic heterocycles. The maximum atomic E-state index is 11.6. The molecule has 1 saturated heterocycles. The highest BCUT2D eigenvalue weighted by molar-refractivity contribution is 5.85. The van der Waals surface area contributed by atoms with Crippen LogP contribution in [0.25, 0.3) is 0 Å². The molecule has 106 valence electrons. The van der Waals surface area contributed by atoms with E-state index in [0.29, 0.717) is 6.61 Å². The van der Waals surface area contributed by atoms with Crippen molar-refractivity contribution in [2.45, 2.75) is 31.9 Å². The summed E-state index contributed by atoms with van der Waals surface area (Å²) in [7, 11) is 0. The number of amides is 1. The number of hydrogen-bond donors (Lipinski definition) is 2. The minimum Gasteiger partial charge on any atom is -0.445 e. The zero-order chi connectivity index (χ0) is 12.6. The lowest BCUT2D eigenvalue weighted by molar-refractivity contribution is 0.135. The van der Waals surface area contributed by atoms with Crippen LogP contribution in [0.15, 0.2) is 30.3 Å². The molecule has 0 spiro atoms. The van der Waals surface area contributed by atoms with E-state index in [2.05, 4.69) is 10.6 Å². The van der Waals surface area contributed by atoms with Gasteiger partial charge in [0.2, 0.25) is 0 Å². The molecule has 2 rings (SSSR count). The number of ether oxygens (including phenoxy) is 1. The zero-order valence-corrected chi connectivity index (χ0v) is 11.7. The van der Waals surface area contributed by atoms with E-state index >= 15 is 0 Å². The Kier molecular flexibility index (Phi) is 7.30. The molecule has 1 fully saturated rings. The Morgan fingerprint density at radius 1 is 1.32 bits per heavy atom. The van der Waals surface area contributed by atoms with E-state index in [1.807, 2.05) is 30.3 Å². The van der Waals surface area contributed by atoms with Gasteiger partial charge in [-0.05, 0) is 24.9 Å². The van der Waals surface area contributed by atoms with Crippen LogP contribution in [0.4, 0.5) is 4.79 Å². The van der Waals surface area contributed by atoms with Gasteiger partial charge >= 0.3 is 6.09 Å². The Labute approximate surface area is 120 Å². The highest BCUT2D eigenvalue weighted by Crippen LogP contribution is 2.05. The Hall–Kier alpha value is -1.26. The largest absolute Gasteiger partial charge is 0.445 e. The summed E-state index contributed by atoms with van der Waals surface area (Å²) in [6.07, 6.45) is 3.02. The van der Waals surface area contributed by atoms with E-state index in [0.717, 1.165) is 31.5 Å². The number of carbonyl (C=O) groups excluding carboxylic acids is 1. The fourth-order valence-corrected chi connectivity index (χ4v) is 2.07. The second-order valence-electron chi connectivity index (χ2n) is 4.60. The van der Waals surface area contributed by atoms with Gasteiger partial charge in [-0.3, -0.25) is 0 Å². The minimum atomic E-state index is -0.326. The second kappa shape index (κ2) is 8.77. The van der Waals surface area contributed by atoms with Crippen molar-refractivity contribution in [3.05, 3.63) is 35.9 Å². The first-order valence-corrected chi connectivity index (χ1v) is 6.52. The van der Waals surface area contributed by atoms with Gasteiger partial charge in [0.1, 0.15) is 6.61 Å². The molecule has 1 unspecified atom stereocenters. The first kappa shape index (κ1) is 15.8. The van der Waals surface area contributed by atoms with Crippen molar-refractivity contribution in [1.29, 1.82) is 0 Å². The summed E-state index contributed by atoms with van der Waals surface area (Å²) in [5.41, 5.74) is 1.01. The molecule has 1 aromatic carbocycles. The first-order valence-electron chi connectivity index (χ1n) is 6.52. The first-order chi connectivity index (χ1) is 8.84. The summed E-state index contributed by atoms with van der Waals surface area (Å²) in [6.45, 7) is 2.20. The van der Waals surface area contributed by atoms with Crippen LogP contribution in [-0.4, -0.2) is 25.2 Å². The number of benzene rings is 1. The highest BCUT2D eigenvalue weighted by atomic mass is 35.5. The fourth-order valence-electron chi connectivity index (χ4n) is 2.07.